The fraction of sp³-hybridized carbons (Fsp3) is 0.680. The Hall–Kier alpha value is -2.12. The summed E-state index contributed by atoms with van der Waals surface area (Å²) < 4.78 is 23.6. The normalized spacial score (nSPS) is 26.9. The van der Waals surface area contributed by atoms with Crippen molar-refractivity contribution in [2.75, 3.05) is 6.61 Å². The molecule has 0 bridgehead atoms. The van der Waals surface area contributed by atoms with Crippen LogP contribution in [-0.2, 0) is 31.8 Å². The van der Waals surface area contributed by atoms with Crippen molar-refractivity contribution in [3.05, 3.63) is 27.8 Å². The first-order valence-electron chi connectivity index (χ1n) is 11.7. The largest absolute Gasteiger partial charge is 0.487 e. The quantitative estimate of drug-likeness (QED) is 0.653. The van der Waals surface area contributed by atoms with E-state index in [2.05, 4.69) is 0 Å². The summed E-state index contributed by atoms with van der Waals surface area (Å²) >= 11 is 0. The molecule has 0 spiro atoms. The number of hydrogen-bond donors (Lipinski definition) is 1. The third kappa shape index (κ3) is 4.79. The molecule has 32 heavy (non-hydrogen) atoms. The zero-order valence-electron chi connectivity index (χ0n) is 19.5. The predicted molar refractivity (Wildman–Crippen MR) is 117 cm³/mol. The standard InChI is InChI=1S/C25H34O7/c1-14-18(23-19(13-25(3,4)32-23)15(2)22(14)24(27)28)9-8-16-11-17(12-20(26)30-16)31-21-7-5-6-10-29-21/h16-17,21H,5-13H2,1-4H3,(H,27,28). The van der Waals surface area contributed by atoms with Crippen LogP contribution in [0.25, 0.3) is 0 Å². The zero-order chi connectivity index (χ0) is 23.0. The van der Waals surface area contributed by atoms with Gasteiger partial charge in [0.1, 0.15) is 17.5 Å². The number of carboxylic acids is 1. The fourth-order valence-electron chi connectivity index (χ4n) is 5.27. The number of esters is 1. The molecule has 4 rings (SSSR count). The summed E-state index contributed by atoms with van der Waals surface area (Å²) in [4.78, 5) is 24.2. The molecule has 2 saturated heterocycles. The monoisotopic (exact) mass is 446 g/mol. The van der Waals surface area contributed by atoms with Crippen molar-refractivity contribution in [1.82, 2.24) is 0 Å². The van der Waals surface area contributed by atoms with Crippen molar-refractivity contribution in [2.24, 2.45) is 0 Å². The number of aromatic carboxylic acids is 1. The second-order valence-electron chi connectivity index (χ2n) is 9.90. The van der Waals surface area contributed by atoms with E-state index in [1.165, 1.54) is 0 Å². The highest BCUT2D eigenvalue weighted by Crippen LogP contribution is 2.44. The minimum atomic E-state index is -0.918. The Balaban J connectivity index is 1.50. The Morgan fingerprint density at radius 1 is 1.22 bits per heavy atom. The van der Waals surface area contributed by atoms with Gasteiger partial charge < -0.3 is 24.1 Å². The average molecular weight is 447 g/mol. The van der Waals surface area contributed by atoms with Gasteiger partial charge in [-0.25, -0.2) is 4.79 Å². The lowest BCUT2D eigenvalue weighted by molar-refractivity contribution is -0.209. The van der Waals surface area contributed by atoms with Crippen molar-refractivity contribution in [1.29, 1.82) is 0 Å². The molecule has 0 radical (unpaired) electrons. The van der Waals surface area contributed by atoms with E-state index >= 15 is 0 Å². The highest BCUT2D eigenvalue weighted by atomic mass is 16.7. The highest BCUT2D eigenvalue weighted by molar-refractivity contribution is 5.93. The van der Waals surface area contributed by atoms with Gasteiger partial charge >= 0.3 is 11.9 Å². The molecule has 2 fully saturated rings. The molecule has 1 aromatic rings. The smallest absolute Gasteiger partial charge is 0.336 e. The number of carboxylic acid groups (broad SMARTS) is 1. The maximum Gasteiger partial charge on any atom is 0.336 e. The van der Waals surface area contributed by atoms with Gasteiger partial charge in [-0.15, -0.1) is 0 Å². The molecule has 176 valence electrons. The van der Waals surface area contributed by atoms with Crippen LogP contribution in [0, 0.1) is 13.8 Å². The molecule has 3 unspecified atom stereocenters. The minimum absolute atomic E-state index is 0.209. The molecule has 0 amide bonds. The van der Waals surface area contributed by atoms with Crippen LogP contribution in [0.5, 0.6) is 5.75 Å². The summed E-state index contributed by atoms with van der Waals surface area (Å²) in [5, 5.41) is 9.84. The molecule has 3 aliphatic rings. The molecular formula is C25H34O7. The van der Waals surface area contributed by atoms with Crippen LogP contribution in [0.4, 0.5) is 0 Å². The first-order chi connectivity index (χ1) is 15.1. The second kappa shape index (κ2) is 9.02. The van der Waals surface area contributed by atoms with Crippen molar-refractivity contribution in [3.8, 4) is 5.75 Å². The topological polar surface area (TPSA) is 91.3 Å². The molecule has 1 N–H and O–H groups in total. The van der Waals surface area contributed by atoms with Gasteiger partial charge in [0.25, 0.3) is 0 Å². The molecular weight excluding hydrogens is 412 g/mol. The van der Waals surface area contributed by atoms with Gasteiger partial charge in [-0.2, -0.15) is 0 Å². The van der Waals surface area contributed by atoms with Crippen LogP contribution in [0.1, 0.15) is 85.0 Å². The maximum atomic E-state index is 12.2. The number of cyclic esters (lactones) is 1. The number of benzene rings is 1. The summed E-state index contributed by atoms with van der Waals surface area (Å²) in [7, 11) is 0. The lowest BCUT2D eigenvalue weighted by atomic mass is 9.87. The summed E-state index contributed by atoms with van der Waals surface area (Å²) in [5.74, 6) is -0.365. The van der Waals surface area contributed by atoms with Crippen molar-refractivity contribution >= 4 is 11.9 Å². The number of carbonyl (C=O) groups excluding carboxylic acids is 1. The first-order valence-corrected chi connectivity index (χ1v) is 11.7. The number of hydrogen-bond acceptors (Lipinski definition) is 6. The third-order valence-electron chi connectivity index (χ3n) is 6.81. The Bertz CT molecular complexity index is 898. The second-order valence-corrected chi connectivity index (χ2v) is 9.90. The van der Waals surface area contributed by atoms with E-state index in [9.17, 15) is 14.7 Å². The summed E-state index contributed by atoms with van der Waals surface area (Å²) in [6.07, 6.45) is 4.98. The Morgan fingerprint density at radius 3 is 2.69 bits per heavy atom. The Labute approximate surface area is 189 Å². The van der Waals surface area contributed by atoms with Gasteiger partial charge in [-0.1, -0.05) is 0 Å². The van der Waals surface area contributed by atoms with Gasteiger partial charge in [0.05, 0.1) is 18.1 Å². The third-order valence-corrected chi connectivity index (χ3v) is 6.81. The number of ether oxygens (including phenoxy) is 4. The van der Waals surface area contributed by atoms with Crippen LogP contribution in [0.15, 0.2) is 0 Å². The summed E-state index contributed by atoms with van der Waals surface area (Å²) in [6, 6.07) is 0. The Kier molecular flexibility index (Phi) is 6.50. The molecule has 7 heteroatoms. The molecule has 0 aromatic heterocycles. The van der Waals surface area contributed by atoms with Crippen LogP contribution >= 0.6 is 0 Å². The molecule has 3 aliphatic heterocycles. The maximum absolute atomic E-state index is 12.2. The lowest BCUT2D eigenvalue weighted by Crippen LogP contribution is -2.38. The van der Waals surface area contributed by atoms with E-state index < -0.39 is 5.97 Å². The van der Waals surface area contributed by atoms with Crippen LogP contribution in [0.3, 0.4) is 0 Å². The van der Waals surface area contributed by atoms with E-state index in [0.29, 0.717) is 37.9 Å². The van der Waals surface area contributed by atoms with Gasteiger partial charge in [-0.05, 0) is 76.5 Å². The fourth-order valence-corrected chi connectivity index (χ4v) is 5.27. The number of carbonyl (C=O) groups is 2. The van der Waals surface area contributed by atoms with Crippen molar-refractivity contribution < 1.29 is 33.6 Å². The van der Waals surface area contributed by atoms with E-state index in [-0.39, 0.29) is 36.5 Å². The molecule has 7 nitrogen and oxygen atoms in total. The minimum Gasteiger partial charge on any atom is -0.487 e. The van der Waals surface area contributed by atoms with Gasteiger partial charge in [0.15, 0.2) is 6.29 Å². The van der Waals surface area contributed by atoms with E-state index in [1.807, 2.05) is 27.7 Å². The van der Waals surface area contributed by atoms with Crippen LogP contribution in [0.2, 0.25) is 0 Å². The highest BCUT2D eigenvalue weighted by Gasteiger charge is 2.37. The van der Waals surface area contributed by atoms with Gasteiger partial charge in [-0.3, -0.25) is 4.79 Å². The number of fused-ring (bicyclic) bond motifs is 1. The predicted octanol–water partition coefficient (Wildman–Crippen LogP) is 4.27. The molecule has 3 heterocycles. The first kappa shape index (κ1) is 23.1. The molecule has 0 saturated carbocycles. The molecule has 3 atom stereocenters. The summed E-state index contributed by atoms with van der Waals surface area (Å²) in [6.45, 7) is 8.45. The average Bonchev–Trinajstić information content (AvgIpc) is 3.03. The van der Waals surface area contributed by atoms with E-state index in [1.54, 1.807) is 0 Å². The molecule has 0 aliphatic carbocycles. The van der Waals surface area contributed by atoms with Crippen molar-refractivity contribution in [2.45, 2.75) is 103 Å². The van der Waals surface area contributed by atoms with Crippen LogP contribution in [-0.4, -0.2) is 47.8 Å². The SMILES string of the molecule is Cc1c(CCC2CC(OC3CCCCO3)CC(=O)O2)c2c(c(C)c1C(=O)O)CC(C)(C)O2. The Morgan fingerprint density at radius 2 is 2.00 bits per heavy atom. The van der Waals surface area contributed by atoms with Gasteiger partial charge in [0, 0.05) is 25.0 Å². The summed E-state index contributed by atoms with van der Waals surface area (Å²) in [5.41, 5.74) is 3.38. The van der Waals surface area contributed by atoms with E-state index in [4.69, 9.17) is 18.9 Å². The van der Waals surface area contributed by atoms with E-state index in [0.717, 1.165) is 47.3 Å². The number of rotatable bonds is 6. The molecule has 1 aromatic carbocycles. The van der Waals surface area contributed by atoms with Crippen LogP contribution < -0.4 is 4.74 Å². The lowest BCUT2D eigenvalue weighted by Gasteiger charge is -2.33. The zero-order valence-corrected chi connectivity index (χ0v) is 19.5. The van der Waals surface area contributed by atoms with Gasteiger partial charge in [0.2, 0.25) is 0 Å². The van der Waals surface area contributed by atoms with Crippen molar-refractivity contribution in [3.63, 3.8) is 0 Å².